The Hall–Kier alpha value is -1.36. The van der Waals surface area contributed by atoms with Crippen molar-refractivity contribution in [2.75, 3.05) is 5.73 Å². The van der Waals surface area contributed by atoms with Gasteiger partial charge in [0.1, 0.15) is 10.7 Å². The van der Waals surface area contributed by atoms with E-state index in [1.54, 1.807) is 23.6 Å². The molecule has 0 fully saturated rings. The number of thiazole rings is 1. The van der Waals surface area contributed by atoms with Gasteiger partial charge in [-0.25, -0.2) is 4.98 Å². The zero-order valence-corrected chi connectivity index (χ0v) is 7.26. The standard InChI is InChI=1S/C7H7N3OS/c1-4-3-9-7(12-4)5-2-6(8)11-10-5/h2-3H,8H2,1H3. The van der Waals surface area contributed by atoms with Crippen LogP contribution in [0.4, 0.5) is 5.88 Å². The topological polar surface area (TPSA) is 64.9 Å². The number of aryl methyl sites for hydroxylation is 1. The van der Waals surface area contributed by atoms with Crippen molar-refractivity contribution in [2.45, 2.75) is 6.92 Å². The predicted molar refractivity (Wildman–Crippen MR) is 46.8 cm³/mol. The van der Waals surface area contributed by atoms with Crippen LogP contribution in [0.15, 0.2) is 16.8 Å². The molecule has 12 heavy (non-hydrogen) atoms. The second-order valence-corrected chi connectivity index (χ2v) is 3.63. The molecular weight excluding hydrogens is 174 g/mol. The normalized spacial score (nSPS) is 10.4. The predicted octanol–water partition coefficient (Wildman–Crippen LogP) is 1.69. The van der Waals surface area contributed by atoms with Gasteiger partial charge < -0.3 is 10.3 Å². The highest BCUT2D eigenvalue weighted by atomic mass is 32.1. The van der Waals surface area contributed by atoms with Gasteiger partial charge in [0, 0.05) is 17.1 Å². The summed E-state index contributed by atoms with van der Waals surface area (Å²) in [6.45, 7) is 1.99. The number of nitrogen functional groups attached to an aromatic ring is 1. The number of anilines is 1. The summed E-state index contributed by atoms with van der Waals surface area (Å²) < 4.78 is 4.72. The minimum absolute atomic E-state index is 0.317. The van der Waals surface area contributed by atoms with E-state index >= 15 is 0 Å². The van der Waals surface area contributed by atoms with E-state index in [1.165, 1.54) is 0 Å². The summed E-state index contributed by atoms with van der Waals surface area (Å²) >= 11 is 1.56. The van der Waals surface area contributed by atoms with E-state index in [4.69, 9.17) is 10.3 Å². The molecule has 0 radical (unpaired) electrons. The Morgan fingerprint density at radius 1 is 1.58 bits per heavy atom. The third-order valence-electron chi connectivity index (χ3n) is 1.37. The molecule has 0 spiro atoms. The monoisotopic (exact) mass is 181 g/mol. The maximum atomic E-state index is 5.37. The fourth-order valence-corrected chi connectivity index (χ4v) is 1.58. The molecule has 2 aromatic rings. The first-order chi connectivity index (χ1) is 5.75. The molecule has 4 nitrogen and oxygen atoms in total. The molecule has 2 N–H and O–H groups in total. The average Bonchev–Trinajstić information content (AvgIpc) is 2.58. The van der Waals surface area contributed by atoms with Crippen LogP contribution in [0.3, 0.4) is 0 Å². The summed E-state index contributed by atoms with van der Waals surface area (Å²) in [4.78, 5) is 5.28. The zero-order chi connectivity index (χ0) is 8.55. The molecule has 0 saturated carbocycles. The quantitative estimate of drug-likeness (QED) is 0.727. The maximum absolute atomic E-state index is 5.37. The molecule has 0 aromatic carbocycles. The molecule has 5 heteroatoms. The van der Waals surface area contributed by atoms with E-state index in [2.05, 4.69) is 10.1 Å². The van der Waals surface area contributed by atoms with Crippen LogP contribution in [0.25, 0.3) is 10.7 Å². The number of aromatic nitrogens is 2. The van der Waals surface area contributed by atoms with Crippen LogP contribution in [0.1, 0.15) is 4.88 Å². The fourth-order valence-electron chi connectivity index (χ4n) is 0.863. The fraction of sp³-hybridized carbons (Fsp3) is 0.143. The molecule has 2 heterocycles. The van der Waals surface area contributed by atoms with Crippen molar-refractivity contribution in [1.29, 1.82) is 0 Å². The van der Waals surface area contributed by atoms with Crippen LogP contribution in [0, 0.1) is 6.92 Å². The smallest absolute Gasteiger partial charge is 0.222 e. The average molecular weight is 181 g/mol. The third kappa shape index (κ3) is 1.18. The van der Waals surface area contributed by atoms with E-state index in [0.717, 1.165) is 9.88 Å². The summed E-state index contributed by atoms with van der Waals surface area (Å²) in [7, 11) is 0. The van der Waals surface area contributed by atoms with Crippen molar-refractivity contribution in [3.63, 3.8) is 0 Å². The minimum atomic E-state index is 0.317. The Labute approximate surface area is 73.0 Å². The number of rotatable bonds is 1. The van der Waals surface area contributed by atoms with E-state index in [-0.39, 0.29) is 0 Å². The lowest BCUT2D eigenvalue weighted by atomic mass is 10.4. The van der Waals surface area contributed by atoms with Gasteiger partial charge in [0.2, 0.25) is 5.88 Å². The van der Waals surface area contributed by atoms with E-state index in [1.807, 2.05) is 6.92 Å². The molecule has 0 saturated heterocycles. The molecular formula is C7H7N3OS. The Kier molecular flexibility index (Phi) is 1.58. The van der Waals surface area contributed by atoms with Gasteiger partial charge in [-0.05, 0) is 6.92 Å². The second-order valence-electron chi connectivity index (χ2n) is 2.39. The van der Waals surface area contributed by atoms with Crippen molar-refractivity contribution in [1.82, 2.24) is 10.1 Å². The maximum Gasteiger partial charge on any atom is 0.222 e. The Balaban J connectivity index is 2.43. The first-order valence-corrected chi connectivity index (χ1v) is 4.22. The summed E-state index contributed by atoms with van der Waals surface area (Å²) in [5, 5.41) is 4.59. The number of hydrogen-bond donors (Lipinski definition) is 1. The van der Waals surface area contributed by atoms with E-state index in [9.17, 15) is 0 Å². The van der Waals surface area contributed by atoms with Gasteiger partial charge in [-0.1, -0.05) is 5.16 Å². The highest BCUT2D eigenvalue weighted by Gasteiger charge is 2.06. The summed E-state index contributed by atoms with van der Waals surface area (Å²) in [6, 6.07) is 1.66. The number of hydrogen-bond acceptors (Lipinski definition) is 5. The molecule has 0 aliphatic rings. The lowest BCUT2D eigenvalue weighted by Gasteiger charge is -1.81. The van der Waals surface area contributed by atoms with Gasteiger partial charge in [0.15, 0.2) is 0 Å². The second kappa shape index (κ2) is 2.60. The van der Waals surface area contributed by atoms with Gasteiger partial charge >= 0.3 is 0 Å². The van der Waals surface area contributed by atoms with Crippen molar-refractivity contribution in [3.8, 4) is 10.7 Å². The van der Waals surface area contributed by atoms with Crippen molar-refractivity contribution in [2.24, 2.45) is 0 Å². The number of nitrogens with zero attached hydrogens (tertiary/aromatic N) is 2. The Morgan fingerprint density at radius 2 is 2.42 bits per heavy atom. The van der Waals surface area contributed by atoms with Crippen LogP contribution in [0.5, 0.6) is 0 Å². The lowest BCUT2D eigenvalue weighted by molar-refractivity contribution is 0.439. The van der Waals surface area contributed by atoms with Gasteiger partial charge in [-0.15, -0.1) is 11.3 Å². The minimum Gasteiger partial charge on any atom is -0.368 e. The van der Waals surface area contributed by atoms with Crippen LogP contribution < -0.4 is 5.73 Å². The lowest BCUT2D eigenvalue weighted by Crippen LogP contribution is -1.76. The molecule has 0 aliphatic heterocycles. The third-order valence-corrected chi connectivity index (χ3v) is 2.30. The van der Waals surface area contributed by atoms with Crippen LogP contribution in [-0.2, 0) is 0 Å². The molecule has 0 atom stereocenters. The SMILES string of the molecule is Cc1cnc(-c2cc(N)on2)s1. The molecule has 0 amide bonds. The first-order valence-electron chi connectivity index (χ1n) is 3.41. The highest BCUT2D eigenvalue weighted by molar-refractivity contribution is 7.14. The molecule has 0 aliphatic carbocycles. The van der Waals surface area contributed by atoms with Gasteiger partial charge in [0.25, 0.3) is 0 Å². The number of nitrogens with two attached hydrogens (primary N) is 1. The van der Waals surface area contributed by atoms with Crippen molar-refractivity contribution < 1.29 is 4.52 Å². The molecule has 0 unspecified atom stereocenters. The first kappa shape index (κ1) is 7.30. The van der Waals surface area contributed by atoms with Crippen LogP contribution >= 0.6 is 11.3 Å². The zero-order valence-electron chi connectivity index (χ0n) is 6.44. The Bertz CT molecular complexity index is 355. The molecule has 0 bridgehead atoms. The van der Waals surface area contributed by atoms with Crippen LogP contribution in [0.2, 0.25) is 0 Å². The van der Waals surface area contributed by atoms with E-state index < -0.39 is 0 Å². The van der Waals surface area contributed by atoms with Gasteiger partial charge in [-0.2, -0.15) is 0 Å². The van der Waals surface area contributed by atoms with Crippen LogP contribution in [-0.4, -0.2) is 10.1 Å². The largest absolute Gasteiger partial charge is 0.368 e. The highest BCUT2D eigenvalue weighted by Crippen LogP contribution is 2.24. The summed E-state index contributed by atoms with van der Waals surface area (Å²) in [5.74, 6) is 0.317. The summed E-state index contributed by atoms with van der Waals surface area (Å²) in [6.07, 6.45) is 1.80. The summed E-state index contributed by atoms with van der Waals surface area (Å²) in [5.41, 5.74) is 6.07. The van der Waals surface area contributed by atoms with Crippen molar-refractivity contribution >= 4 is 17.2 Å². The Morgan fingerprint density at radius 3 is 2.92 bits per heavy atom. The van der Waals surface area contributed by atoms with Crippen molar-refractivity contribution in [3.05, 3.63) is 17.1 Å². The van der Waals surface area contributed by atoms with Gasteiger partial charge in [-0.3, -0.25) is 0 Å². The molecule has 62 valence electrons. The van der Waals surface area contributed by atoms with Gasteiger partial charge in [0.05, 0.1) is 0 Å². The van der Waals surface area contributed by atoms with E-state index in [0.29, 0.717) is 11.6 Å². The molecule has 2 aromatic heterocycles. The molecule has 2 rings (SSSR count).